The second-order valence-corrected chi connectivity index (χ2v) is 6.82. The summed E-state index contributed by atoms with van der Waals surface area (Å²) in [6.45, 7) is 0.142. The molecule has 5 nitrogen and oxygen atoms in total. The van der Waals surface area contributed by atoms with E-state index in [-0.39, 0.29) is 18.6 Å². The van der Waals surface area contributed by atoms with Crippen LogP contribution in [0.1, 0.15) is 48.9 Å². The van der Waals surface area contributed by atoms with Crippen molar-refractivity contribution < 1.29 is 9.90 Å². The first-order valence-corrected chi connectivity index (χ1v) is 8.65. The van der Waals surface area contributed by atoms with Gasteiger partial charge in [-0.1, -0.05) is 30.9 Å². The number of anilines is 1. The Labute approximate surface area is 143 Å². The van der Waals surface area contributed by atoms with Crippen molar-refractivity contribution in [2.75, 3.05) is 26.0 Å². The number of aliphatic hydroxyl groups is 1. The predicted octanol–water partition coefficient (Wildman–Crippen LogP) is 3.18. The number of hydrogen-bond acceptors (Lipinski definition) is 4. The highest BCUT2D eigenvalue weighted by molar-refractivity contribution is 6.33. The third-order valence-corrected chi connectivity index (χ3v) is 4.76. The normalized spacial score (nSPS) is 16.9. The smallest absolute Gasteiger partial charge is 0.254 e. The van der Waals surface area contributed by atoms with Crippen LogP contribution < -0.4 is 5.32 Å². The standard InChI is InChI=1S/C17H26ClN3O2/c1-21(2)17(23)13-10-14(18)16(19-11-13)20-15(8-9-22)12-6-4-3-5-7-12/h10-12,15,22H,3-9H2,1-2H3,(H,19,20)/t15-/m1/s1. The van der Waals surface area contributed by atoms with Crippen LogP contribution in [-0.2, 0) is 0 Å². The van der Waals surface area contributed by atoms with Gasteiger partial charge in [-0.15, -0.1) is 0 Å². The Morgan fingerprint density at radius 1 is 1.43 bits per heavy atom. The topological polar surface area (TPSA) is 65.5 Å². The van der Waals surface area contributed by atoms with Gasteiger partial charge in [-0.25, -0.2) is 4.98 Å². The Kier molecular flexibility index (Phi) is 6.66. The number of amides is 1. The fraction of sp³-hybridized carbons (Fsp3) is 0.647. The van der Waals surface area contributed by atoms with Gasteiger partial charge in [-0.3, -0.25) is 4.79 Å². The molecule has 0 bridgehead atoms. The first kappa shape index (κ1) is 18.0. The zero-order valence-electron chi connectivity index (χ0n) is 13.9. The average Bonchev–Trinajstić information content (AvgIpc) is 2.56. The second-order valence-electron chi connectivity index (χ2n) is 6.42. The molecule has 0 aliphatic heterocycles. The van der Waals surface area contributed by atoms with Crippen molar-refractivity contribution in [3.05, 3.63) is 22.8 Å². The molecule has 0 saturated heterocycles. The van der Waals surface area contributed by atoms with Gasteiger partial charge in [0, 0.05) is 32.9 Å². The maximum absolute atomic E-state index is 12.0. The van der Waals surface area contributed by atoms with Crippen molar-refractivity contribution in [2.24, 2.45) is 5.92 Å². The number of pyridine rings is 1. The number of nitrogens with one attached hydrogen (secondary N) is 1. The van der Waals surface area contributed by atoms with E-state index in [9.17, 15) is 9.90 Å². The highest BCUT2D eigenvalue weighted by Gasteiger charge is 2.24. The maximum atomic E-state index is 12.0. The number of aromatic nitrogens is 1. The van der Waals surface area contributed by atoms with Crippen LogP contribution in [0, 0.1) is 5.92 Å². The van der Waals surface area contributed by atoms with E-state index >= 15 is 0 Å². The van der Waals surface area contributed by atoms with E-state index in [0.29, 0.717) is 28.7 Å². The molecule has 0 spiro atoms. The van der Waals surface area contributed by atoms with Crippen molar-refractivity contribution in [2.45, 2.75) is 44.6 Å². The zero-order chi connectivity index (χ0) is 16.8. The van der Waals surface area contributed by atoms with Crippen LogP contribution >= 0.6 is 11.6 Å². The van der Waals surface area contributed by atoms with Crippen molar-refractivity contribution in [3.8, 4) is 0 Å². The molecule has 1 aromatic rings. The lowest BCUT2D eigenvalue weighted by Crippen LogP contribution is -2.32. The summed E-state index contributed by atoms with van der Waals surface area (Å²) in [7, 11) is 3.39. The van der Waals surface area contributed by atoms with E-state index in [1.807, 2.05) is 0 Å². The first-order chi connectivity index (χ1) is 11.0. The minimum Gasteiger partial charge on any atom is -0.396 e. The summed E-state index contributed by atoms with van der Waals surface area (Å²) >= 11 is 6.30. The number of carbonyl (C=O) groups is 1. The average molecular weight is 340 g/mol. The molecule has 2 rings (SSSR count). The Hall–Kier alpha value is -1.33. The van der Waals surface area contributed by atoms with Gasteiger partial charge in [0.2, 0.25) is 0 Å². The molecule has 1 atom stereocenters. The van der Waals surface area contributed by atoms with E-state index in [1.165, 1.54) is 37.0 Å². The van der Waals surface area contributed by atoms with Gasteiger partial charge in [0.1, 0.15) is 5.82 Å². The van der Waals surface area contributed by atoms with E-state index in [1.54, 1.807) is 26.4 Å². The summed E-state index contributed by atoms with van der Waals surface area (Å²) in [5, 5.41) is 13.2. The molecule has 128 valence electrons. The molecule has 1 aliphatic rings. The van der Waals surface area contributed by atoms with Crippen LogP contribution in [-0.4, -0.2) is 47.6 Å². The van der Waals surface area contributed by atoms with Crippen molar-refractivity contribution in [3.63, 3.8) is 0 Å². The van der Waals surface area contributed by atoms with Crippen LogP contribution in [0.25, 0.3) is 0 Å². The zero-order valence-corrected chi connectivity index (χ0v) is 14.6. The van der Waals surface area contributed by atoms with Crippen LogP contribution in [0.3, 0.4) is 0 Å². The Balaban J connectivity index is 2.11. The van der Waals surface area contributed by atoms with Crippen LogP contribution in [0.15, 0.2) is 12.3 Å². The number of halogens is 1. The molecule has 1 fully saturated rings. The summed E-state index contributed by atoms with van der Waals surface area (Å²) < 4.78 is 0. The predicted molar refractivity (Wildman–Crippen MR) is 93.0 cm³/mol. The summed E-state index contributed by atoms with van der Waals surface area (Å²) in [4.78, 5) is 17.8. The molecule has 0 radical (unpaired) electrons. The van der Waals surface area contributed by atoms with Gasteiger partial charge in [-0.2, -0.15) is 0 Å². The highest BCUT2D eigenvalue weighted by atomic mass is 35.5. The molecule has 23 heavy (non-hydrogen) atoms. The molecular formula is C17H26ClN3O2. The lowest BCUT2D eigenvalue weighted by molar-refractivity contribution is 0.0827. The minimum atomic E-state index is -0.120. The maximum Gasteiger partial charge on any atom is 0.254 e. The third-order valence-electron chi connectivity index (χ3n) is 4.48. The van der Waals surface area contributed by atoms with Crippen LogP contribution in [0.5, 0.6) is 0 Å². The number of rotatable bonds is 6. The summed E-state index contributed by atoms with van der Waals surface area (Å²) in [5.41, 5.74) is 0.474. The molecule has 1 amide bonds. The quantitative estimate of drug-likeness (QED) is 0.835. The second kappa shape index (κ2) is 8.50. The molecule has 1 heterocycles. The molecule has 2 N–H and O–H groups in total. The first-order valence-electron chi connectivity index (χ1n) is 8.27. The summed E-state index contributed by atoms with van der Waals surface area (Å²) in [6.07, 6.45) is 8.35. The molecular weight excluding hydrogens is 314 g/mol. The molecule has 1 saturated carbocycles. The molecule has 0 unspecified atom stereocenters. The number of carbonyl (C=O) groups excluding carboxylic acids is 1. The highest BCUT2D eigenvalue weighted by Crippen LogP contribution is 2.31. The fourth-order valence-corrected chi connectivity index (χ4v) is 3.42. The van der Waals surface area contributed by atoms with E-state index in [0.717, 1.165) is 0 Å². The van der Waals surface area contributed by atoms with E-state index in [2.05, 4.69) is 10.3 Å². The van der Waals surface area contributed by atoms with Crippen molar-refractivity contribution >= 4 is 23.3 Å². The molecule has 6 heteroatoms. The Morgan fingerprint density at radius 2 is 2.13 bits per heavy atom. The van der Waals surface area contributed by atoms with Gasteiger partial charge in [0.15, 0.2) is 0 Å². The van der Waals surface area contributed by atoms with Crippen molar-refractivity contribution in [1.82, 2.24) is 9.88 Å². The number of hydrogen-bond donors (Lipinski definition) is 2. The fourth-order valence-electron chi connectivity index (χ4n) is 3.20. The van der Waals surface area contributed by atoms with E-state index < -0.39 is 0 Å². The molecule has 1 aliphatic carbocycles. The van der Waals surface area contributed by atoms with Crippen LogP contribution in [0.2, 0.25) is 5.02 Å². The van der Waals surface area contributed by atoms with Gasteiger partial charge >= 0.3 is 0 Å². The summed E-state index contributed by atoms with van der Waals surface area (Å²) in [6, 6.07) is 1.82. The van der Waals surface area contributed by atoms with Gasteiger partial charge in [0.25, 0.3) is 5.91 Å². The summed E-state index contributed by atoms with van der Waals surface area (Å²) in [5.74, 6) is 1.01. The largest absolute Gasteiger partial charge is 0.396 e. The molecule has 1 aromatic heterocycles. The van der Waals surface area contributed by atoms with Gasteiger partial charge < -0.3 is 15.3 Å². The minimum absolute atomic E-state index is 0.120. The van der Waals surface area contributed by atoms with Crippen molar-refractivity contribution in [1.29, 1.82) is 0 Å². The Morgan fingerprint density at radius 3 is 2.70 bits per heavy atom. The third kappa shape index (κ3) is 4.82. The number of aliphatic hydroxyl groups excluding tert-OH is 1. The SMILES string of the molecule is CN(C)C(=O)c1cnc(N[C@H](CCO)C2CCCCC2)c(Cl)c1. The lowest BCUT2D eigenvalue weighted by Gasteiger charge is -2.31. The lowest BCUT2D eigenvalue weighted by atomic mass is 9.83. The number of nitrogens with zero attached hydrogens (tertiary/aromatic N) is 2. The van der Waals surface area contributed by atoms with Crippen LogP contribution in [0.4, 0.5) is 5.82 Å². The van der Waals surface area contributed by atoms with Gasteiger partial charge in [0.05, 0.1) is 10.6 Å². The monoisotopic (exact) mass is 339 g/mol. The van der Waals surface area contributed by atoms with E-state index in [4.69, 9.17) is 11.6 Å². The molecule has 0 aromatic carbocycles. The van der Waals surface area contributed by atoms with Gasteiger partial charge in [-0.05, 0) is 31.2 Å². The Bertz CT molecular complexity index is 531.